The van der Waals surface area contributed by atoms with E-state index < -0.39 is 11.7 Å². The monoisotopic (exact) mass is 460 g/mol. The number of hydrogen-bond donors (Lipinski definition) is 1. The minimum atomic E-state index is -0.589. The smallest absolute Gasteiger partial charge is 0.410 e. The van der Waals surface area contributed by atoms with Crippen molar-refractivity contribution in [2.75, 3.05) is 25.1 Å². The molecule has 0 aromatic heterocycles. The van der Waals surface area contributed by atoms with Gasteiger partial charge in [-0.25, -0.2) is 4.79 Å². The molecule has 172 valence electrons. The summed E-state index contributed by atoms with van der Waals surface area (Å²) in [6.45, 7) is 9.13. The van der Waals surface area contributed by atoms with Crippen molar-refractivity contribution < 1.29 is 23.8 Å². The summed E-state index contributed by atoms with van der Waals surface area (Å²) in [6, 6.07) is 10.5. The van der Waals surface area contributed by atoms with Gasteiger partial charge in [0.05, 0.1) is 24.8 Å². The van der Waals surface area contributed by atoms with Gasteiger partial charge in [0, 0.05) is 24.2 Å². The number of benzene rings is 2. The van der Waals surface area contributed by atoms with Crippen LogP contribution in [0.4, 0.5) is 10.5 Å². The molecule has 0 saturated heterocycles. The molecule has 0 fully saturated rings. The summed E-state index contributed by atoms with van der Waals surface area (Å²) in [6.07, 6.45) is 0.335. The highest BCUT2D eigenvalue weighted by Gasteiger charge is 2.23. The van der Waals surface area contributed by atoms with Crippen LogP contribution in [0.5, 0.6) is 11.5 Å². The van der Waals surface area contributed by atoms with Gasteiger partial charge in [-0.2, -0.15) is 0 Å². The first-order valence-corrected chi connectivity index (χ1v) is 11.0. The molecule has 2 aromatic rings. The molecule has 0 spiro atoms. The molecule has 0 saturated carbocycles. The number of rotatable bonds is 5. The first kappa shape index (κ1) is 23.7. The molecule has 1 heterocycles. The van der Waals surface area contributed by atoms with Gasteiger partial charge >= 0.3 is 6.09 Å². The zero-order chi connectivity index (χ0) is 23.3. The van der Waals surface area contributed by atoms with Gasteiger partial charge in [-0.05, 0) is 51.5 Å². The number of nitrogens with one attached hydrogen (secondary N) is 1. The second-order valence-corrected chi connectivity index (χ2v) is 8.85. The van der Waals surface area contributed by atoms with Crippen LogP contribution in [-0.2, 0) is 11.3 Å². The number of carbonyl (C=O) groups is 2. The molecule has 8 heteroatoms. The van der Waals surface area contributed by atoms with E-state index in [1.54, 1.807) is 23.1 Å². The Labute approximate surface area is 193 Å². The molecular weight excluding hydrogens is 432 g/mol. The molecule has 0 atom stereocenters. The first-order chi connectivity index (χ1) is 15.2. The summed E-state index contributed by atoms with van der Waals surface area (Å²) in [5.41, 5.74) is 1.15. The van der Waals surface area contributed by atoms with Crippen LogP contribution in [0.1, 0.15) is 50.0 Å². The average Bonchev–Trinajstić information content (AvgIpc) is 2.97. The molecule has 0 aliphatic carbocycles. The predicted molar refractivity (Wildman–Crippen MR) is 124 cm³/mol. The standard InChI is InChI=1S/C24H29ClN2O5/c1-5-27(23(29)32-24(2,3)4)15-16-9-6-7-10-19(16)26-22(28)17-13-18(25)21-20(14-17)30-11-8-12-31-21/h6-7,9-10,13-14H,5,8,11-12,15H2,1-4H3,(H,26,28). The number of fused-ring (bicyclic) bond motifs is 1. The Bertz CT molecular complexity index is 987. The maximum Gasteiger partial charge on any atom is 0.410 e. The average molecular weight is 461 g/mol. The third kappa shape index (κ3) is 6.07. The van der Waals surface area contributed by atoms with E-state index in [4.69, 9.17) is 25.8 Å². The zero-order valence-electron chi connectivity index (χ0n) is 18.9. The lowest BCUT2D eigenvalue weighted by atomic mass is 10.1. The number of carbonyl (C=O) groups excluding carboxylic acids is 2. The SMILES string of the molecule is CCN(Cc1ccccc1NC(=O)c1cc(Cl)c2c(c1)OCCCO2)C(=O)OC(C)(C)C. The molecule has 0 radical (unpaired) electrons. The summed E-state index contributed by atoms with van der Waals surface area (Å²) in [5, 5.41) is 3.24. The van der Waals surface area contributed by atoms with Crippen molar-refractivity contribution in [2.45, 2.75) is 46.3 Å². The van der Waals surface area contributed by atoms with Crippen molar-refractivity contribution in [3.63, 3.8) is 0 Å². The second-order valence-electron chi connectivity index (χ2n) is 8.44. The topological polar surface area (TPSA) is 77.1 Å². The van der Waals surface area contributed by atoms with E-state index in [9.17, 15) is 9.59 Å². The first-order valence-electron chi connectivity index (χ1n) is 10.6. The lowest BCUT2D eigenvalue weighted by Crippen LogP contribution is -2.36. The minimum absolute atomic E-state index is 0.295. The summed E-state index contributed by atoms with van der Waals surface area (Å²) >= 11 is 6.33. The molecule has 32 heavy (non-hydrogen) atoms. The number of amides is 2. The normalized spacial score (nSPS) is 13.2. The van der Waals surface area contributed by atoms with Crippen molar-refractivity contribution in [1.82, 2.24) is 4.90 Å². The highest BCUT2D eigenvalue weighted by atomic mass is 35.5. The van der Waals surface area contributed by atoms with Crippen LogP contribution in [0.15, 0.2) is 36.4 Å². The Morgan fingerprint density at radius 3 is 2.59 bits per heavy atom. The Hall–Kier alpha value is -2.93. The quantitative estimate of drug-likeness (QED) is 0.636. The fraction of sp³-hybridized carbons (Fsp3) is 0.417. The van der Waals surface area contributed by atoms with Gasteiger partial charge in [0.15, 0.2) is 11.5 Å². The summed E-state index contributed by atoms with van der Waals surface area (Å²) in [4.78, 5) is 27.1. The molecule has 1 aliphatic rings. The lowest BCUT2D eigenvalue weighted by Gasteiger charge is -2.27. The van der Waals surface area contributed by atoms with Gasteiger partial charge in [0.1, 0.15) is 5.60 Å². The van der Waals surface area contributed by atoms with E-state index in [2.05, 4.69) is 5.32 Å². The fourth-order valence-electron chi connectivity index (χ4n) is 3.17. The predicted octanol–water partition coefficient (Wildman–Crippen LogP) is 5.51. The number of halogens is 1. The van der Waals surface area contributed by atoms with Crippen LogP contribution < -0.4 is 14.8 Å². The Kier molecular flexibility index (Phi) is 7.51. The van der Waals surface area contributed by atoms with E-state index in [1.165, 1.54) is 0 Å². The fourth-order valence-corrected chi connectivity index (χ4v) is 3.44. The van der Waals surface area contributed by atoms with E-state index in [1.807, 2.05) is 45.9 Å². The maximum atomic E-state index is 13.0. The lowest BCUT2D eigenvalue weighted by molar-refractivity contribution is 0.0245. The number of hydrogen-bond acceptors (Lipinski definition) is 5. The minimum Gasteiger partial charge on any atom is -0.489 e. The third-order valence-electron chi connectivity index (χ3n) is 4.72. The van der Waals surface area contributed by atoms with Crippen LogP contribution >= 0.6 is 11.6 Å². The highest BCUT2D eigenvalue weighted by molar-refractivity contribution is 6.32. The van der Waals surface area contributed by atoms with Gasteiger partial charge in [-0.15, -0.1) is 0 Å². The number of nitrogens with zero attached hydrogens (tertiary/aromatic N) is 1. The number of para-hydroxylation sites is 1. The van der Waals surface area contributed by atoms with E-state index in [-0.39, 0.29) is 5.91 Å². The third-order valence-corrected chi connectivity index (χ3v) is 5.01. The van der Waals surface area contributed by atoms with Crippen molar-refractivity contribution in [2.24, 2.45) is 0 Å². The Balaban J connectivity index is 1.79. The second kappa shape index (κ2) is 10.1. The Morgan fingerprint density at radius 2 is 1.88 bits per heavy atom. The largest absolute Gasteiger partial charge is 0.489 e. The number of anilines is 1. The summed E-state index contributed by atoms with van der Waals surface area (Å²) in [7, 11) is 0. The van der Waals surface area contributed by atoms with Crippen molar-refractivity contribution in [3.8, 4) is 11.5 Å². The molecule has 2 aromatic carbocycles. The van der Waals surface area contributed by atoms with Gasteiger partial charge in [-0.1, -0.05) is 29.8 Å². The summed E-state index contributed by atoms with van der Waals surface area (Å²) < 4.78 is 16.8. The molecule has 1 aliphatic heterocycles. The Morgan fingerprint density at radius 1 is 1.16 bits per heavy atom. The van der Waals surface area contributed by atoms with E-state index in [0.29, 0.717) is 54.1 Å². The number of ether oxygens (including phenoxy) is 3. The van der Waals surface area contributed by atoms with Gasteiger partial charge < -0.3 is 24.4 Å². The van der Waals surface area contributed by atoms with Crippen LogP contribution in [-0.4, -0.2) is 42.3 Å². The van der Waals surface area contributed by atoms with Gasteiger partial charge in [0.2, 0.25) is 0 Å². The van der Waals surface area contributed by atoms with Crippen LogP contribution in [0.3, 0.4) is 0 Å². The van der Waals surface area contributed by atoms with E-state index >= 15 is 0 Å². The van der Waals surface area contributed by atoms with Crippen LogP contribution in [0, 0.1) is 0 Å². The van der Waals surface area contributed by atoms with E-state index in [0.717, 1.165) is 12.0 Å². The molecule has 0 bridgehead atoms. The van der Waals surface area contributed by atoms with Gasteiger partial charge in [0.25, 0.3) is 5.91 Å². The molecule has 0 unspecified atom stereocenters. The maximum absolute atomic E-state index is 13.0. The molecular formula is C24H29ClN2O5. The van der Waals surface area contributed by atoms with Crippen molar-refractivity contribution in [1.29, 1.82) is 0 Å². The zero-order valence-corrected chi connectivity index (χ0v) is 19.6. The van der Waals surface area contributed by atoms with Gasteiger partial charge in [-0.3, -0.25) is 4.79 Å². The van der Waals surface area contributed by atoms with Crippen LogP contribution in [0.25, 0.3) is 0 Å². The van der Waals surface area contributed by atoms with Crippen LogP contribution in [0.2, 0.25) is 5.02 Å². The molecule has 3 rings (SSSR count). The van der Waals surface area contributed by atoms with Crippen molar-refractivity contribution in [3.05, 3.63) is 52.5 Å². The molecule has 7 nitrogen and oxygen atoms in total. The van der Waals surface area contributed by atoms with Crippen molar-refractivity contribution >= 4 is 29.3 Å². The molecule has 1 N–H and O–H groups in total. The summed E-state index contributed by atoms with van der Waals surface area (Å²) in [5.74, 6) is 0.572. The molecule has 2 amide bonds. The highest BCUT2D eigenvalue weighted by Crippen LogP contribution is 2.38.